The predicted molar refractivity (Wildman–Crippen MR) is 150 cm³/mol. The van der Waals surface area contributed by atoms with Gasteiger partial charge in [0.05, 0.1) is 24.3 Å². The number of rotatable bonds is 14. The molecule has 3 atom stereocenters. The van der Waals surface area contributed by atoms with Gasteiger partial charge >= 0.3 is 6.36 Å². The maximum absolute atomic E-state index is 13.4. The van der Waals surface area contributed by atoms with E-state index >= 15 is 0 Å². The molecule has 0 bridgehead atoms. The highest BCUT2D eigenvalue weighted by molar-refractivity contribution is 6.04. The largest absolute Gasteiger partial charge is 0.573 e. The Morgan fingerprint density at radius 3 is 2.36 bits per heavy atom. The molecule has 0 aromatic heterocycles. The molecule has 0 spiro atoms. The zero-order chi connectivity index (χ0) is 31.2. The van der Waals surface area contributed by atoms with Gasteiger partial charge in [-0.1, -0.05) is 12.1 Å². The van der Waals surface area contributed by atoms with Gasteiger partial charge in [0.2, 0.25) is 0 Å². The number of hydrogen-bond donors (Lipinski definition) is 4. The number of hydrogen-bond acceptors (Lipinski definition) is 9. The lowest BCUT2D eigenvalue weighted by molar-refractivity contribution is -0.274. The van der Waals surface area contributed by atoms with Crippen LogP contribution in [0.25, 0.3) is 0 Å². The Hall–Kier alpha value is -3.64. The molecule has 0 saturated heterocycles. The van der Waals surface area contributed by atoms with Crippen LogP contribution in [0.2, 0.25) is 0 Å². The molecule has 1 aliphatic rings. The van der Waals surface area contributed by atoms with Gasteiger partial charge in [-0.05, 0) is 67.3 Å². The number of aromatic hydroxyl groups is 1. The van der Waals surface area contributed by atoms with Crippen LogP contribution in [-0.4, -0.2) is 66.3 Å². The lowest BCUT2D eigenvalue weighted by atomic mass is 9.73. The molecule has 0 heterocycles. The summed E-state index contributed by atoms with van der Waals surface area (Å²) in [6, 6.07) is 6.98. The number of phenolic OH excluding ortho intramolecular Hbond substituents is 1. The van der Waals surface area contributed by atoms with Crippen molar-refractivity contribution in [3.63, 3.8) is 0 Å². The number of carbonyl (C=O) groups excluding carboxylic acids is 3. The van der Waals surface area contributed by atoms with E-state index in [0.29, 0.717) is 29.7 Å². The van der Waals surface area contributed by atoms with Crippen LogP contribution in [0.5, 0.6) is 11.5 Å². The monoisotopic (exact) mass is 594 g/mol. The Morgan fingerprint density at radius 2 is 1.81 bits per heavy atom. The van der Waals surface area contributed by atoms with Gasteiger partial charge in [0.15, 0.2) is 5.78 Å². The van der Waals surface area contributed by atoms with Crippen molar-refractivity contribution >= 4 is 28.7 Å². The number of fused-ring (bicyclic) bond motifs is 1. The van der Waals surface area contributed by atoms with Crippen LogP contribution >= 0.6 is 0 Å². The molecule has 0 amide bonds. The molecule has 230 valence electrons. The highest BCUT2D eigenvalue weighted by Crippen LogP contribution is 2.44. The van der Waals surface area contributed by atoms with Gasteiger partial charge in [0.1, 0.15) is 23.1 Å². The predicted octanol–water partition coefficient (Wildman–Crippen LogP) is 4.26. The third-order valence-corrected chi connectivity index (χ3v) is 7.49. The van der Waals surface area contributed by atoms with E-state index in [9.17, 15) is 42.9 Å². The van der Waals surface area contributed by atoms with Crippen molar-refractivity contribution in [1.29, 1.82) is 0 Å². The fraction of sp³-hybridized carbons (Fsp3) is 0.500. The molecule has 2 aromatic carbocycles. The smallest absolute Gasteiger partial charge is 0.505 e. The van der Waals surface area contributed by atoms with Gasteiger partial charge in [0.25, 0.3) is 0 Å². The number of anilines is 2. The molecule has 0 saturated carbocycles. The normalized spacial score (nSPS) is 16.4. The zero-order valence-corrected chi connectivity index (χ0v) is 23.8. The zero-order valence-electron chi connectivity index (χ0n) is 23.8. The summed E-state index contributed by atoms with van der Waals surface area (Å²) in [7, 11) is 3.58. The molecule has 3 unspecified atom stereocenters. The average Bonchev–Trinajstić information content (AvgIpc) is 2.88. The summed E-state index contributed by atoms with van der Waals surface area (Å²) < 4.78 is 41.2. The van der Waals surface area contributed by atoms with E-state index in [2.05, 4.69) is 10.1 Å². The van der Waals surface area contributed by atoms with Crippen LogP contribution < -0.4 is 15.0 Å². The molecule has 0 radical (unpaired) electrons. The van der Waals surface area contributed by atoms with Crippen molar-refractivity contribution in [2.45, 2.75) is 51.9 Å². The van der Waals surface area contributed by atoms with Crippen molar-refractivity contribution in [2.75, 3.05) is 37.5 Å². The first-order valence-electron chi connectivity index (χ1n) is 13.7. The molecule has 2 aromatic rings. The second-order valence-corrected chi connectivity index (χ2v) is 10.9. The standard InChI is InChI=1S/C30H37F3N2O7/c1-17(38)10-26(39)23(16-37)20(8-9-36)11-19-12-22-25(35(2)3)14-24(29(41)28(22)27(40)13-19)34-15-18-4-6-21(7-5-18)42-30(31,32)33/h4-7,14,19-20,23,34,36-37,41H,8-13,15-16H2,1-3H3. The van der Waals surface area contributed by atoms with Crippen LogP contribution in [-0.2, 0) is 22.6 Å². The number of ether oxygens (including phenoxy) is 1. The summed E-state index contributed by atoms with van der Waals surface area (Å²) in [5.41, 5.74) is 2.40. The van der Waals surface area contributed by atoms with Crippen molar-refractivity contribution in [2.24, 2.45) is 17.8 Å². The summed E-state index contributed by atoms with van der Waals surface area (Å²) >= 11 is 0. The van der Waals surface area contributed by atoms with Crippen LogP contribution in [0.4, 0.5) is 24.5 Å². The van der Waals surface area contributed by atoms with Crippen LogP contribution in [0.3, 0.4) is 0 Å². The van der Waals surface area contributed by atoms with Crippen LogP contribution in [0, 0.1) is 17.8 Å². The first-order chi connectivity index (χ1) is 19.7. The van der Waals surface area contributed by atoms with E-state index in [0.717, 1.165) is 0 Å². The third-order valence-electron chi connectivity index (χ3n) is 7.49. The fourth-order valence-corrected chi connectivity index (χ4v) is 5.60. The summed E-state index contributed by atoms with van der Waals surface area (Å²) in [5, 5.41) is 33.7. The Balaban J connectivity index is 1.83. The van der Waals surface area contributed by atoms with Crippen LogP contribution in [0.15, 0.2) is 30.3 Å². The Morgan fingerprint density at radius 1 is 1.14 bits per heavy atom. The van der Waals surface area contributed by atoms with E-state index in [-0.39, 0.29) is 72.6 Å². The Bertz CT molecular complexity index is 1280. The number of Topliss-reactive ketones (excluding diaryl/α,β-unsaturated/α-hetero) is 3. The average molecular weight is 595 g/mol. The van der Waals surface area contributed by atoms with Crippen molar-refractivity contribution < 1.29 is 47.6 Å². The summed E-state index contributed by atoms with van der Waals surface area (Å²) in [6.45, 7) is 0.765. The molecule has 42 heavy (non-hydrogen) atoms. The lowest BCUT2D eigenvalue weighted by Crippen LogP contribution is -2.33. The van der Waals surface area contributed by atoms with Gasteiger partial charge in [-0.2, -0.15) is 0 Å². The maximum atomic E-state index is 13.4. The number of carbonyl (C=O) groups is 3. The highest BCUT2D eigenvalue weighted by Gasteiger charge is 2.36. The van der Waals surface area contributed by atoms with Gasteiger partial charge in [-0.3, -0.25) is 14.4 Å². The van der Waals surface area contributed by atoms with E-state index in [1.807, 2.05) is 0 Å². The van der Waals surface area contributed by atoms with Crippen molar-refractivity contribution in [3.8, 4) is 11.5 Å². The molecule has 0 fully saturated rings. The number of nitrogens with one attached hydrogen (secondary N) is 1. The summed E-state index contributed by atoms with van der Waals surface area (Å²) in [5.74, 6) is -3.08. The molecule has 3 rings (SSSR count). The number of aliphatic hydroxyl groups is 2. The van der Waals surface area contributed by atoms with E-state index < -0.39 is 30.6 Å². The second-order valence-electron chi connectivity index (χ2n) is 10.9. The molecule has 9 nitrogen and oxygen atoms in total. The molecular formula is C30H37F3N2O7. The molecular weight excluding hydrogens is 557 g/mol. The van der Waals surface area contributed by atoms with Gasteiger partial charge in [-0.15, -0.1) is 13.2 Å². The minimum Gasteiger partial charge on any atom is -0.505 e. The molecule has 0 aliphatic heterocycles. The summed E-state index contributed by atoms with van der Waals surface area (Å²) in [6.07, 6.45) is -4.02. The first-order valence-corrected chi connectivity index (χ1v) is 13.7. The quantitative estimate of drug-likeness (QED) is 0.187. The number of benzene rings is 2. The highest BCUT2D eigenvalue weighted by atomic mass is 19.4. The SMILES string of the molecule is CC(=O)CC(=O)C(CO)C(CCO)CC1CC(=O)c2c(O)c(NCc3ccc(OC(F)(F)F)cc3)cc(N(C)C)c2C1. The number of ketones is 3. The van der Waals surface area contributed by atoms with E-state index in [4.69, 9.17) is 0 Å². The number of aliphatic hydroxyl groups excluding tert-OH is 2. The topological polar surface area (TPSA) is 136 Å². The number of halogens is 3. The third kappa shape index (κ3) is 8.45. The molecule has 12 heteroatoms. The Kier molecular flexibility index (Phi) is 11.0. The summed E-state index contributed by atoms with van der Waals surface area (Å²) in [4.78, 5) is 39.4. The first kappa shape index (κ1) is 32.9. The van der Waals surface area contributed by atoms with Gasteiger partial charge in [0, 0.05) is 45.3 Å². The minimum atomic E-state index is -4.80. The van der Waals surface area contributed by atoms with Crippen molar-refractivity contribution in [3.05, 3.63) is 47.0 Å². The minimum absolute atomic E-state index is 0.0819. The maximum Gasteiger partial charge on any atom is 0.573 e. The molecule has 1 aliphatic carbocycles. The Labute approximate surface area is 242 Å². The fourth-order valence-electron chi connectivity index (χ4n) is 5.60. The lowest BCUT2D eigenvalue weighted by Gasteiger charge is -2.33. The van der Waals surface area contributed by atoms with E-state index in [1.54, 1.807) is 25.1 Å². The van der Waals surface area contributed by atoms with Crippen molar-refractivity contribution in [1.82, 2.24) is 0 Å². The molecule has 4 N–H and O–H groups in total. The number of nitrogens with zero attached hydrogens (tertiary/aromatic N) is 1. The number of alkyl halides is 3. The van der Waals surface area contributed by atoms with E-state index in [1.165, 1.54) is 31.2 Å². The number of phenols is 1. The second kappa shape index (κ2) is 14.0. The van der Waals surface area contributed by atoms with Gasteiger partial charge in [-0.25, -0.2) is 0 Å². The van der Waals surface area contributed by atoms with Crippen LogP contribution in [0.1, 0.15) is 54.1 Å². The van der Waals surface area contributed by atoms with Gasteiger partial charge < -0.3 is 30.3 Å².